The van der Waals surface area contributed by atoms with E-state index in [0.717, 1.165) is 35.3 Å². The van der Waals surface area contributed by atoms with E-state index in [9.17, 15) is 4.79 Å². The molecule has 4 N–H and O–H groups in total. The van der Waals surface area contributed by atoms with Gasteiger partial charge in [-0.2, -0.15) is 5.10 Å². The monoisotopic (exact) mass is 368 g/mol. The number of hydrogen-bond acceptors (Lipinski definition) is 6. The first kappa shape index (κ1) is 16.6. The lowest BCUT2D eigenvalue weighted by Crippen LogP contribution is -2.15. The minimum atomic E-state index is -0.521. The Hall–Kier alpha value is -2.81. The predicted molar refractivity (Wildman–Crippen MR) is 98.4 cm³/mol. The normalized spacial score (nSPS) is 12.3. The smallest absolute Gasteiger partial charge is 0.269 e. The van der Waals surface area contributed by atoms with Crippen LogP contribution in [0.2, 0.25) is 0 Å². The summed E-state index contributed by atoms with van der Waals surface area (Å²) in [5.41, 5.74) is 10.8. The number of aryl methyl sites for hydroxylation is 1. The third-order valence-electron chi connectivity index (χ3n) is 4.38. The van der Waals surface area contributed by atoms with Crippen LogP contribution in [-0.4, -0.2) is 15.7 Å². The number of rotatable bonds is 5. The van der Waals surface area contributed by atoms with Crippen molar-refractivity contribution in [2.45, 2.75) is 12.8 Å². The Labute approximate surface area is 154 Å². The summed E-state index contributed by atoms with van der Waals surface area (Å²) < 4.78 is 6.41. The molecule has 1 heterocycles. The third-order valence-corrected chi connectivity index (χ3v) is 4.53. The fourth-order valence-electron chi connectivity index (χ4n) is 3.28. The lowest BCUT2D eigenvalue weighted by molar-refractivity contribution is -0.0777. The predicted octanol–water partition coefficient (Wildman–Crippen LogP) is 2.57. The van der Waals surface area contributed by atoms with Gasteiger partial charge in [-0.05, 0) is 42.7 Å². The average molecular weight is 368 g/mol. The minimum absolute atomic E-state index is 0.317. The van der Waals surface area contributed by atoms with E-state index < -0.39 is 5.91 Å². The summed E-state index contributed by atoms with van der Waals surface area (Å²) in [4.78, 5) is 16.9. The molecule has 0 radical (unpaired) electrons. The summed E-state index contributed by atoms with van der Waals surface area (Å²) in [5, 5.41) is 9.66. The Bertz CT molecular complexity index is 969. The highest BCUT2D eigenvalue weighted by molar-refractivity contribution is 7.92. The van der Waals surface area contributed by atoms with E-state index in [1.807, 2.05) is 30.3 Å². The maximum absolute atomic E-state index is 11.9. The van der Waals surface area contributed by atoms with Crippen LogP contribution in [0.3, 0.4) is 0 Å². The number of fused-ring (bicyclic) bond motifs is 3. The summed E-state index contributed by atoms with van der Waals surface area (Å²) in [6, 6.07) is 15.3. The van der Waals surface area contributed by atoms with Crippen LogP contribution in [0, 0.1) is 0 Å². The lowest BCUT2D eigenvalue weighted by Gasteiger charge is -2.18. The molecular formula is C18H16N4O3S. The van der Waals surface area contributed by atoms with Crippen LogP contribution in [0.1, 0.15) is 21.6 Å². The van der Waals surface area contributed by atoms with Crippen molar-refractivity contribution in [3.05, 3.63) is 65.4 Å². The maximum atomic E-state index is 11.9. The quantitative estimate of drug-likeness (QED) is 0.310. The summed E-state index contributed by atoms with van der Waals surface area (Å²) in [6.07, 6.45) is 1.59. The summed E-state index contributed by atoms with van der Waals surface area (Å²) >= 11 is 0.623. The fraction of sp³-hybridized carbons (Fsp3) is 0.111. The molecule has 0 saturated heterocycles. The van der Waals surface area contributed by atoms with Gasteiger partial charge < -0.3 is 10.6 Å². The van der Waals surface area contributed by atoms with Crippen molar-refractivity contribution in [1.29, 1.82) is 0 Å². The molecule has 3 aromatic rings. The van der Waals surface area contributed by atoms with E-state index in [1.165, 1.54) is 5.56 Å². The molecular weight excluding hydrogens is 352 g/mol. The third kappa shape index (κ3) is 2.84. The van der Waals surface area contributed by atoms with Gasteiger partial charge in [0.05, 0.1) is 11.4 Å². The number of benzene rings is 2. The molecule has 0 unspecified atom stereocenters. The van der Waals surface area contributed by atoms with Gasteiger partial charge in [0.1, 0.15) is 12.2 Å². The van der Waals surface area contributed by atoms with Crippen molar-refractivity contribution >= 4 is 18.1 Å². The van der Waals surface area contributed by atoms with Crippen molar-refractivity contribution in [1.82, 2.24) is 9.78 Å². The zero-order chi connectivity index (χ0) is 18.1. The number of hydrogen-bond donors (Lipinski definition) is 2. The van der Waals surface area contributed by atoms with Crippen LogP contribution in [0.5, 0.6) is 5.75 Å². The largest absolute Gasteiger partial charge is 0.364 e. The van der Waals surface area contributed by atoms with Crippen LogP contribution in [-0.2, 0) is 17.2 Å². The molecule has 2 aromatic carbocycles. The molecule has 1 aromatic heterocycles. The molecule has 26 heavy (non-hydrogen) atoms. The second-order valence-corrected chi connectivity index (χ2v) is 6.18. The zero-order valence-electron chi connectivity index (χ0n) is 13.7. The van der Waals surface area contributed by atoms with Crippen molar-refractivity contribution in [3.8, 4) is 22.7 Å². The van der Waals surface area contributed by atoms with Crippen LogP contribution >= 0.6 is 12.2 Å². The number of nitrogens with zero attached hydrogens (tertiary/aromatic N) is 2. The first-order valence-corrected chi connectivity index (χ1v) is 8.80. The molecule has 0 spiro atoms. The van der Waals surface area contributed by atoms with Gasteiger partial charge in [-0.1, -0.05) is 28.6 Å². The highest BCUT2D eigenvalue weighted by Gasteiger charge is 2.27. The van der Waals surface area contributed by atoms with Gasteiger partial charge in [-0.3, -0.25) is 9.93 Å². The molecule has 1 aliphatic rings. The number of carbonyl (C=O) groups excluding carboxylic acids is 1. The second kappa shape index (κ2) is 6.83. The van der Waals surface area contributed by atoms with Crippen LogP contribution in [0.25, 0.3) is 16.9 Å². The molecule has 1 aliphatic carbocycles. The molecule has 4 rings (SSSR count). The fourth-order valence-corrected chi connectivity index (χ4v) is 3.40. The van der Waals surface area contributed by atoms with Crippen LogP contribution in [0.4, 0.5) is 0 Å². The highest BCUT2D eigenvalue weighted by atomic mass is 32.2. The van der Waals surface area contributed by atoms with E-state index in [-0.39, 0.29) is 0 Å². The average Bonchev–Trinajstić information content (AvgIpc) is 3.07. The summed E-state index contributed by atoms with van der Waals surface area (Å²) in [7, 11) is 0. The highest BCUT2D eigenvalue weighted by Crippen LogP contribution is 2.36. The molecule has 1 amide bonds. The minimum Gasteiger partial charge on any atom is -0.364 e. The first-order valence-electron chi connectivity index (χ1n) is 7.99. The topological polar surface area (TPSA) is 105 Å². The standard InChI is InChI=1S/C18H16N4O3S/c19-18(23)16-15-10-5-11-3-1-2-4-14(11)17(15)22(21-16)12-6-8-13(9-7-12)24-25-26-20/h1-4,6-9H,5,10,20H2,(H2,19,23). The molecule has 132 valence electrons. The Balaban J connectivity index is 1.84. The van der Waals surface area contributed by atoms with Gasteiger partial charge in [-0.15, -0.1) is 0 Å². The second-order valence-electron chi connectivity index (χ2n) is 5.85. The van der Waals surface area contributed by atoms with E-state index in [2.05, 4.69) is 15.5 Å². The summed E-state index contributed by atoms with van der Waals surface area (Å²) in [6.45, 7) is 0. The number of carbonyl (C=O) groups is 1. The van der Waals surface area contributed by atoms with Crippen molar-refractivity contribution in [2.75, 3.05) is 0 Å². The molecule has 0 fully saturated rings. The molecule has 0 atom stereocenters. The molecule has 0 saturated carbocycles. The van der Waals surface area contributed by atoms with Gasteiger partial charge in [-0.25, -0.2) is 4.68 Å². The molecule has 0 aliphatic heterocycles. The van der Waals surface area contributed by atoms with Crippen molar-refractivity contribution < 1.29 is 14.0 Å². The van der Waals surface area contributed by atoms with E-state index in [0.29, 0.717) is 23.7 Å². The maximum Gasteiger partial charge on any atom is 0.269 e. The van der Waals surface area contributed by atoms with Crippen LogP contribution < -0.4 is 15.8 Å². The summed E-state index contributed by atoms with van der Waals surface area (Å²) in [5.74, 6) is -0.0176. The van der Waals surface area contributed by atoms with Crippen LogP contribution in [0.15, 0.2) is 48.5 Å². The van der Waals surface area contributed by atoms with E-state index in [1.54, 1.807) is 16.8 Å². The van der Waals surface area contributed by atoms with Gasteiger partial charge in [0.2, 0.25) is 0 Å². The first-order chi connectivity index (χ1) is 12.7. The number of nitrogens with two attached hydrogens (primary N) is 2. The van der Waals surface area contributed by atoms with Gasteiger partial charge in [0, 0.05) is 11.1 Å². The number of amides is 1. The van der Waals surface area contributed by atoms with Gasteiger partial charge in [0.15, 0.2) is 11.4 Å². The molecule has 8 heteroatoms. The zero-order valence-corrected chi connectivity index (χ0v) is 14.5. The molecule has 7 nitrogen and oxygen atoms in total. The van der Waals surface area contributed by atoms with Gasteiger partial charge in [0.25, 0.3) is 5.91 Å². The van der Waals surface area contributed by atoms with E-state index >= 15 is 0 Å². The van der Waals surface area contributed by atoms with Crippen molar-refractivity contribution in [3.63, 3.8) is 0 Å². The number of primary amides is 1. The molecule has 0 bridgehead atoms. The van der Waals surface area contributed by atoms with Gasteiger partial charge >= 0.3 is 0 Å². The Kier molecular flexibility index (Phi) is 4.37. The Morgan fingerprint density at radius 1 is 1.12 bits per heavy atom. The SMILES string of the molecule is NSOOc1ccc(-n2nc(C(N)=O)c3c2-c2ccccc2CC3)cc1. The number of aromatic nitrogens is 2. The Morgan fingerprint density at radius 2 is 1.88 bits per heavy atom. The van der Waals surface area contributed by atoms with E-state index in [4.69, 9.17) is 15.8 Å². The van der Waals surface area contributed by atoms with Crippen molar-refractivity contribution in [2.24, 2.45) is 10.9 Å². The Morgan fingerprint density at radius 3 is 2.62 bits per heavy atom. The lowest BCUT2D eigenvalue weighted by atomic mass is 9.89.